The van der Waals surface area contributed by atoms with Gasteiger partial charge in [-0.2, -0.15) is 0 Å². The Morgan fingerprint density at radius 2 is 2.38 bits per heavy atom. The summed E-state index contributed by atoms with van der Waals surface area (Å²) in [6.07, 6.45) is 3.16. The summed E-state index contributed by atoms with van der Waals surface area (Å²) in [7, 11) is 0. The zero-order chi connectivity index (χ0) is 17.1. The fraction of sp³-hybridized carbons (Fsp3) is 0.588. The van der Waals surface area contributed by atoms with Crippen LogP contribution in [-0.4, -0.2) is 39.2 Å². The smallest absolute Gasteiger partial charge is 0.355 e. The number of piperidine rings is 1. The molecule has 0 bridgehead atoms. The van der Waals surface area contributed by atoms with Crippen LogP contribution in [0.2, 0.25) is 0 Å². The van der Waals surface area contributed by atoms with E-state index in [0.29, 0.717) is 11.8 Å². The average molecular weight is 349 g/mol. The van der Waals surface area contributed by atoms with E-state index in [4.69, 9.17) is 9.63 Å². The van der Waals surface area contributed by atoms with Crippen molar-refractivity contribution in [3.63, 3.8) is 0 Å². The molecule has 0 radical (unpaired) electrons. The third-order valence-electron chi connectivity index (χ3n) is 4.37. The van der Waals surface area contributed by atoms with E-state index in [-0.39, 0.29) is 5.69 Å². The molecule has 2 aromatic rings. The summed E-state index contributed by atoms with van der Waals surface area (Å²) in [5.74, 6) is 0.856. The van der Waals surface area contributed by atoms with Crippen molar-refractivity contribution in [2.24, 2.45) is 5.92 Å². The highest BCUT2D eigenvalue weighted by Gasteiger charge is 2.23. The Bertz CT molecular complexity index is 695. The minimum absolute atomic E-state index is 0.159. The second kappa shape index (κ2) is 7.44. The molecule has 7 heteroatoms. The van der Waals surface area contributed by atoms with E-state index in [1.54, 1.807) is 5.38 Å². The second-order valence-electron chi connectivity index (χ2n) is 6.75. The molecule has 1 aliphatic rings. The summed E-state index contributed by atoms with van der Waals surface area (Å²) in [5, 5.41) is 15.7. The lowest BCUT2D eigenvalue weighted by Crippen LogP contribution is -2.35. The Morgan fingerprint density at radius 1 is 1.54 bits per heavy atom. The molecule has 1 atom stereocenters. The van der Waals surface area contributed by atoms with Gasteiger partial charge in [0, 0.05) is 36.9 Å². The molecule has 1 saturated heterocycles. The molecule has 6 nitrogen and oxygen atoms in total. The first-order valence-electron chi connectivity index (χ1n) is 8.37. The minimum Gasteiger partial charge on any atom is -0.476 e. The van der Waals surface area contributed by atoms with Gasteiger partial charge in [-0.25, -0.2) is 9.78 Å². The number of thiazole rings is 1. The fourth-order valence-electron chi connectivity index (χ4n) is 3.12. The summed E-state index contributed by atoms with van der Waals surface area (Å²) in [6, 6.07) is 2.05. The van der Waals surface area contributed by atoms with E-state index >= 15 is 0 Å². The van der Waals surface area contributed by atoms with Gasteiger partial charge >= 0.3 is 5.97 Å². The molecular weight excluding hydrogens is 326 g/mol. The molecule has 130 valence electrons. The van der Waals surface area contributed by atoms with Gasteiger partial charge in [-0.05, 0) is 25.3 Å². The number of carboxylic acid groups (broad SMARTS) is 1. The number of rotatable bonds is 6. The number of hydrogen-bond acceptors (Lipinski definition) is 6. The van der Waals surface area contributed by atoms with Crippen LogP contribution >= 0.6 is 11.3 Å². The van der Waals surface area contributed by atoms with Gasteiger partial charge in [0.2, 0.25) is 0 Å². The van der Waals surface area contributed by atoms with Crippen molar-refractivity contribution in [1.29, 1.82) is 0 Å². The number of carboxylic acids is 1. The standard InChI is InChI=1S/C17H23N3O3S/c1-11(2)15-7-13(19-23-15)9-20-5-3-4-12(8-20)6-16-18-14(10-24-16)17(21)22/h7,10-12H,3-6,8-9H2,1-2H3,(H,21,22). The van der Waals surface area contributed by atoms with Crippen LogP contribution in [0.3, 0.4) is 0 Å². The molecule has 2 aromatic heterocycles. The molecule has 3 heterocycles. The average Bonchev–Trinajstić information content (AvgIpc) is 3.17. The van der Waals surface area contributed by atoms with Gasteiger partial charge in [0.15, 0.2) is 5.69 Å². The van der Waals surface area contributed by atoms with Crippen LogP contribution in [0.25, 0.3) is 0 Å². The highest BCUT2D eigenvalue weighted by Crippen LogP contribution is 2.24. The number of nitrogens with zero attached hydrogens (tertiary/aromatic N) is 3. The van der Waals surface area contributed by atoms with Gasteiger partial charge < -0.3 is 9.63 Å². The maximum atomic E-state index is 10.9. The lowest BCUT2D eigenvalue weighted by atomic mass is 9.95. The molecule has 0 aliphatic carbocycles. The highest BCUT2D eigenvalue weighted by atomic mass is 32.1. The van der Waals surface area contributed by atoms with E-state index in [1.165, 1.54) is 11.3 Å². The fourth-order valence-corrected chi connectivity index (χ4v) is 4.00. The van der Waals surface area contributed by atoms with E-state index < -0.39 is 5.97 Å². The van der Waals surface area contributed by atoms with Crippen LogP contribution in [0.5, 0.6) is 0 Å². The summed E-state index contributed by atoms with van der Waals surface area (Å²) >= 11 is 1.45. The predicted octanol–water partition coefficient (Wildman–Crippen LogP) is 3.41. The van der Waals surface area contributed by atoms with Gasteiger partial charge in [-0.3, -0.25) is 4.90 Å². The Kier molecular flexibility index (Phi) is 5.30. The molecule has 1 unspecified atom stereocenters. The monoisotopic (exact) mass is 349 g/mol. The number of carbonyl (C=O) groups is 1. The first-order valence-corrected chi connectivity index (χ1v) is 9.24. The Labute approximate surface area is 145 Å². The van der Waals surface area contributed by atoms with Crippen molar-refractivity contribution in [3.05, 3.63) is 33.6 Å². The van der Waals surface area contributed by atoms with Gasteiger partial charge in [0.05, 0.1) is 10.7 Å². The van der Waals surface area contributed by atoms with Crippen LogP contribution in [0.1, 0.15) is 59.6 Å². The van der Waals surface area contributed by atoms with Gasteiger partial charge in [-0.15, -0.1) is 11.3 Å². The summed E-state index contributed by atoms with van der Waals surface area (Å²) < 4.78 is 5.37. The zero-order valence-electron chi connectivity index (χ0n) is 14.1. The molecule has 1 N–H and O–H groups in total. The van der Waals surface area contributed by atoms with E-state index in [2.05, 4.69) is 28.9 Å². The number of likely N-dealkylation sites (tertiary alicyclic amines) is 1. The lowest BCUT2D eigenvalue weighted by molar-refractivity contribution is 0.0691. The molecule has 1 aliphatic heterocycles. The predicted molar refractivity (Wildman–Crippen MR) is 91.4 cm³/mol. The first-order chi connectivity index (χ1) is 11.5. The van der Waals surface area contributed by atoms with Crippen LogP contribution < -0.4 is 0 Å². The molecule has 0 saturated carbocycles. The van der Waals surface area contributed by atoms with Gasteiger partial charge in [-0.1, -0.05) is 19.0 Å². The Balaban J connectivity index is 1.56. The van der Waals surface area contributed by atoms with Crippen molar-refractivity contribution in [3.8, 4) is 0 Å². The molecule has 3 rings (SSSR count). The van der Waals surface area contributed by atoms with Crippen molar-refractivity contribution < 1.29 is 14.4 Å². The minimum atomic E-state index is -0.949. The van der Waals surface area contributed by atoms with Gasteiger partial charge in [0.1, 0.15) is 5.76 Å². The maximum Gasteiger partial charge on any atom is 0.355 e. The molecule has 0 aromatic carbocycles. The Hall–Kier alpha value is -1.73. The largest absolute Gasteiger partial charge is 0.476 e. The topological polar surface area (TPSA) is 79.5 Å². The SMILES string of the molecule is CC(C)c1cc(CN2CCCC(Cc3nc(C(=O)O)cs3)C2)no1. The van der Waals surface area contributed by atoms with Crippen LogP contribution in [0.4, 0.5) is 0 Å². The van der Waals surface area contributed by atoms with Gasteiger partial charge in [0.25, 0.3) is 0 Å². The Morgan fingerprint density at radius 3 is 3.04 bits per heavy atom. The number of aromatic nitrogens is 2. The highest BCUT2D eigenvalue weighted by molar-refractivity contribution is 7.09. The summed E-state index contributed by atoms with van der Waals surface area (Å²) in [4.78, 5) is 17.5. The molecular formula is C17H23N3O3S. The summed E-state index contributed by atoms with van der Waals surface area (Å²) in [5.41, 5.74) is 1.15. The van der Waals surface area contributed by atoms with E-state index in [0.717, 1.165) is 55.4 Å². The third kappa shape index (κ3) is 4.21. The normalized spacial score (nSPS) is 19.0. The second-order valence-corrected chi connectivity index (χ2v) is 7.70. The van der Waals surface area contributed by atoms with Crippen molar-refractivity contribution in [1.82, 2.24) is 15.0 Å². The van der Waals surface area contributed by atoms with Crippen LogP contribution in [-0.2, 0) is 13.0 Å². The van der Waals surface area contributed by atoms with E-state index in [9.17, 15) is 4.79 Å². The van der Waals surface area contributed by atoms with Crippen molar-refractivity contribution >= 4 is 17.3 Å². The molecule has 24 heavy (non-hydrogen) atoms. The number of aromatic carboxylic acids is 1. The van der Waals surface area contributed by atoms with Crippen LogP contribution in [0, 0.1) is 5.92 Å². The molecule has 0 amide bonds. The van der Waals surface area contributed by atoms with E-state index in [1.807, 2.05) is 6.07 Å². The molecule has 0 spiro atoms. The quantitative estimate of drug-likeness (QED) is 0.861. The maximum absolute atomic E-state index is 10.9. The lowest BCUT2D eigenvalue weighted by Gasteiger charge is -2.31. The van der Waals surface area contributed by atoms with Crippen molar-refractivity contribution in [2.75, 3.05) is 13.1 Å². The zero-order valence-corrected chi connectivity index (χ0v) is 14.9. The number of hydrogen-bond donors (Lipinski definition) is 1. The van der Waals surface area contributed by atoms with Crippen LogP contribution in [0.15, 0.2) is 16.0 Å². The summed E-state index contributed by atoms with van der Waals surface area (Å²) in [6.45, 7) is 7.07. The van der Waals surface area contributed by atoms with Crippen molar-refractivity contribution in [2.45, 2.75) is 45.6 Å². The molecule has 1 fully saturated rings. The third-order valence-corrected chi connectivity index (χ3v) is 5.24. The first kappa shape index (κ1) is 17.1.